The molecule has 2 heterocycles. The van der Waals surface area contributed by atoms with Crippen LogP contribution in [0.3, 0.4) is 0 Å². The molecule has 0 N–H and O–H groups in total. The quantitative estimate of drug-likeness (QED) is 0.323. The molecule has 0 unspecified atom stereocenters. The fourth-order valence-electron chi connectivity index (χ4n) is 4.78. The summed E-state index contributed by atoms with van der Waals surface area (Å²) in [6.45, 7) is 4.60. The van der Waals surface area contributed by atoms with E-state index < -0.39 is 0 Å². The van der Waals surface area contributed by atoms with Crippen molar-refractivity contribution in [2.24, 2.45) is 0 Å². The van der Waals surface area contributed by atoms with Crippen LogP contribution in [0.1, 0.15) is 25.0 Å². The van der Waals surface area contributed by atoms with Gasteiger partial charge in [-0.3, -0.25) is 9.55 Å². The second-order valence-electron chi connectivity index (χ2n) is 8.13. The van der Waals surface area contributed by atoms with Crippen LogP contribution >= 0.6 is 11.6 Å². The van der Waals surface area contributed by atoms with Gasteiger partial charge in [0, 0.05) is 33.9 Å². The van der Waals surface area contributed by atoms with Gasteiger partial charge in [-0.15, -0.1) is 0 Å². The van der Waals surface area contributed by atoms with Gasteiger partial charge in [-0.25, -0.2) is 4.98 Å². The first-order valence-corrected chi connectivity index (χ1v) is 10.1. The van der Waals surface area contributed by atoms with E-state index in [1.807, 2.05) is 18.2 Å². The molecular weight excluding hydrogens is 378 g/mol. The van der Waals surface area contributed by atoms with Crippen molar-refractivity contribution in [3.8, 4) is 16.8 Å². The molecule has 0 radical (unpaired) electrons. The molecule has 0 amide bonds. The van der Waals surface area contributed by atoms with Crippen molar-refractivity contribution in [2.75, 3.05) is 0 Å². The molecule has 1 aliphatic carbocycles. The second-order valence-corrected chi connectivity index (χ2v) is 8.56. The molecule has 0 atom stereocenters. The summed E-state index contributed by atoms with van der Waals surface area (Å²) in [6, 6.07) is 21.4. The number of aromatic nitrogens is 3. The fraction of sp³-hybridized carbons (Fsp3) is 0.120. The SMILES string of the molecule is CC1(C)c2ccccc2-c2ccc(-n3c4ccc(Cl)cc4c4nccnc43)cc21. The van der Waals surface area contributed by atoms with Crippen molar-refractivity contribution < 1.29 is 0 Å². The highest BCUT2D eigenvalue weighted by Crippen LogP contribution is 2.49. The summed E-state index contributed by atoms with van der Waals surface area (Å²) in [7, 11) is 0. The van der Waals surface area contributed by atoms with E-state index in [0.29, 0.717) is 5.02 Å². The van der Waals surface area contributed by atoms with Gasteiger partial charge in [0.15, 0.2) is 5.65 Å². The van der Waals surface area contributed by atoms with Crippen LogP contribution in [0.4, 0.5) is 0 Å². The topological polar surface area (TPSA) is 30.7 Å². The maximum Gasteiger partial charge on any atom is 0.164 e. The predicted octanol–water partition coefficient (Wildman–Crippen LogP) is 6.53. The molecule has 3 aromatic carbocycles. The van der Waals surface area contributed by atoms with Crippen molar-refractivity contribution in [1.82, 2.24) is 14.5 Å². The lowest BCUT2D eigenvalue weighted by Crippen LogP contribution is -2.15. The lowest BCUT2D eigenvalue weighted by molar-refractivity contribution is 0.660. The highest BCUT2D eigenvalue weighted by Gasteiger charge is 2.35. The van der Waals surface area contributed by atoms with Crippen LogP contribution in [0.15, 0.2) is 73.1 Å². The molecule has 0 saturated carbocycles. The van der Waals surface area contributed by atoms with Crippen LogP contribution in [0.5, 0.6) is 0 Å². The first-order valence-electron chi connectivity index (χ1n) is 9.71. The number of hydrogen-bond acceptors (Lipinski definition) is 2. The van der Waals surface area contributed by atoms with Gasteiger partial charge in [-0.1, -0.05) is 55.8 Å². The molecule has 0 saturated heterocycles. The third-order valence-corrected chi connectivity index (χ3v) is 6.41. The van der Waals surface area contributed by atoms with Gasteiger partial charge >= 0.3 is 0 Å². The Morgan fingerprint density at radius 2 is 1.62 bits per heavy atom. The molecule has 1 aliphatic rings. The smallest absolute Gasteiger partial charge is 0.164 e. The number of benzene rings is 3. The van der Waals surface area contributed by atoms with Crippen LogP contribution in [-0.2, 0) is 5.41 Å². The van der Waals surface area contributed by atoms with Crippen LogP contribution in [-0.4, -0.2) is 14.5 Å². The molecule has 0 bridgehead atoms. The molecule has 29 heavy (non-hydrogen) atoms. The number of hydrogen-bond donors (Lipinski definition) is 0. The van der Waals surface area contributed by atoms with Gasteiger partial charge in [-0.05, 0) is 52.6 Å². The zero-order valence-electron chi connectivity index (χ0n) is 16.1. The molecule has 6 rings (SSSR count). The van der Waals surface area contributed by atoms with Crippen LogP contribution in [0.25, 0.3) is 38.9 Å². The summed E-state index contributed by atoms with van der Waals surface area (Å²) in [5.41, 5.74) is 9.17. The monoisotopic (exact) mass is 395 g/mol. The summed E-state index contributed by atoms with van der Waals surface area (Å²) in [5.74, 6) is 0. The van der Waals surface area contributed by atoms with Crippen molar-refractivity contribution >= 4 is 33.7 Å². The zero-order chi connectivity index (χ0) is 19.8. The number of nitrogens with zero attached hydrogens (tertiary/aromatic N) is 3. The maximum atomic E-state index is 6.28. The highest BCUT2D eigenvalue weighted by atomic mass is 35.5. The number of fused-ring (bicyclic) bond motifs is 6. The Balaban J connectivity index is 1.67. The van der Waals surface area contributed by atoms with E-state index in [-0.39, 0.29) is 5.41 Å². The van der Waals surface area contributed by atoms with Crippen LogP contribution in [0.2, 0.25) is 5.02 Å². The van der Waals surface area contributed by atoms with Gasteiger partial charge in [0.2, 0.25) is 0 Å². The number of halogens is 1. The average Bonchev–Trinajstić information content (AvgIpc) is 3.18. The van der Waals surface area contributed by atoms with E-state index >= 15 is 0 Å². The average molecular weight is 396 g/mol. The Kier molecular flexibility index (Phi) is 3.28. The molecule has 4 heteroatoms. The van der Waals surface area contributed by atoms with Crippen molar-refractivity contribution in [3.63, 3.8) is 0 Å². The van der Waals surface area contributed by atoms with Crippen molar-refractivity contribution in [2.45, 2.75) is 19.3 Å². The molecule has 140 valence electrons. The van der Waals surface area contributed by atoms with Gasteiger partial charge < -0.3 is 0 Å². The van der Waals surface area contributed by atoms with Crippen LogP contribution < -0.4 is 0 Å². The zero-order valence-corrected chi connectivity index (χ0v) is 16.9. The van der Waals surface area contributed by atoms with Gasteiger partial charge in [0.1, 0.15) is 5.52 Å². The largest absolute Gasteiger partial charge is 0.293 e. The molecule has 0 fully saturated rings. The highest BCUT2D eigenvalue weighted by molar-refractivity contribution is 6.31. The van der Waals surface area contributed by atoms with Gasteiger partial charge in [0.25, 0.3) is 0 Å². The maximum absolute atomic E-state index is 6.28. The predicted molar refractivity (Wildman–Crippen MR) is 119 cm³/mol. The van der Waals surface area contributed by atoms with Crippen molar-refractivity contribution in [1.29, 1.82) is 0 Å². The van der Waals surface area contributed by atoms with Crippen LogP contribution in [0, 0.1) is 0 Å². The molecule has 5 aromatic rings. The second kappa shape index (κ2) is 5.68. The minimum Gasteiger partial charge on any atom is -0.293 e. The molecular formula is C25H18ClN3. The Labute approximate surface area is 173 Å². The van der Waals surface area contributed by atoms with Gasteiger partial charge in [0.05, 0.1) is 5.52 Å². The lowest BCUT2D eigenvalue weighted by Gasteiger charge is -2.22. The Hall–Kier alpha value is -3.17. The minimum absolute atomic E-state index is 0.0459. The molecule has 3 nitrogen and oxygen atoms in total. The number of rotatable bonds is 1. The van der Waals surface area contributed by atoms with E-state index in [1.165, 1.54) is 22.3 Å². The standard InChI is InChI=1S/C25H18ClN3/c1-25(2)20-6-4-3-5-17(20)18-9-8-16(14-21(18)25)29-22-10-7-15(26)13-19(22)23-24(29)28-12-11-27-23/h3-14H,1-2H3. The third-order valence-electron chi connectivity index (χ3n) is 6.17. The molecule has 2 aromatic heterocycles. The summed E-state index contributed by atoms with van der Waals surface area (Å²) >= 11 is 6.28. The first-order chi connectivity index (χ1) is 14.1. The van der Waals surface area contributed by atoms with Gasteiger partial charge in [-0.2, -0.15) is 0 Å². The molecule has 0 aliphatic heterocycles. The summed E-state index contributed by atoms with van der Waals surface area (Å²) in [6.07, 6.45) is 3.47. The summed E-state index contributed by atoms with van der Waals surface area (Å²) < 4.78 is 2.19. The molecule has 0 spiro atoms. The van der Waals surface area contributed by atoms with E-state index in [4.69, 9.17) is 11.6 Å². The summed E-state index contributed by atoms with van der Waals surface area (Å²) in [4.78, 5) is 9.24. The van der Waals surface area contributed by atoms with E-state index in [9.17, 15) is 0 Å². The third kappa shape index (κ3) is 2.19. The van der Waals surface area contributed by atoms with E-state index in [1.54, 1.807) is 12.4 Å². The van der Waals surface area contributed by atoms with E-state index in [2.05, 4.69) is 70.8 Å². The lowest BCUT2D eigenvalue weighted by atomic mass is 9.82. The first kappa shape index (κ1) is 16.8. The van der Waals surface area contributed by atoms with E-state index in [0.717, 1.165) is 27.8 Å². The Morgan fingerprint density at radius 1 is 0.828 bits per heavy atom. The van der Waals surface area contributed by atoms with Crippen molar-refractivity contribution in [3.05, 3.63) is 89.2 Å². The summed E-state index contributed by atoms with van der Waals surface area (Å²) in [5, 5.41) is 1.72. The Bertz CT molecular complexity index is 1450. The normalized spacial score (nSPS) is 14.3. The Morgan fingerprint density at radius 3 is 2.52 bits per heavy atom. The fourth-order valence-corrected chi connectivity index (χ4v) is 4.96. The minimum atomic E-state index is -0.0459.